The summed E-state index contributed by atoms with van der Waals surface area (Å²) < 4.78 is 21.7. The van der Waals surface area contributed by atoms with E-state index in [1.165, 1.54) is 12.2 Å². The number of rotatable bonds is 19. The number of carbonyl (C=O) groups is 5. The van der Waals surface area contributed by atoms with Crippen LogP contribution in [0.2, 0.25) is 0 Å². The van der Waals surface area contributed by atoms with Crippen LogP contribution in [-0.4, -0.2) is 71.2 Å². The summed E-state index contributed by atoms with van der Waals surface area (Å²) in [5, 5.41) is 12.2. The largest absolute Gasteiger partial charge is 0.461 e. The third-order valence-electron chi connectivity index (χ3n) is 8.56. The number of allylic oxidation sites excluding steroid dienone is 1. The Morgan fingerprint density at radius 3 is 1.10 bits per heavy atom. The molecule has 360 valence electrons. The first-order valence-corrected chi connectivity index (χ1v) is 21.8. The van der Waals surface area contributed by atoms with Crippen molar-refractivity contribution >= 4 is 76.8 Å². The number of nitrogens with zero attached hydrogens (tertiary/aromatic N) is 3. The van der Waals surface area contributed by atoms with E-state index in [0.717, 1.165) is 0 Å². The van der Waals surface area contributed by atoms with E-state index < -0.39 is 23.9 Å². The molecule has 4 aromatic rings. The van der Waals surface area contributed by atoms with E-state index in [4.69, 9.17) is 18.9 Å². The van der Waals surface area contributed by atoms with Gasteiger partial charge in [0.1, 0.15) is 17.8 Å². The highest BCUT2D eigenvalue weighted by Gasteiger charge is 2.26. The van der Waals surface area contributed by atoms with Crippen LogP contribution in [0.3, 0.4) is 0 Å². The van der Waals surface area contributed by atoms with Crippen LogP contribution in [0.15, 0.2) is 108 Å². The third kappa shape index (κ3) is 18.7. The van der Waals surface area contributed by atoms with Crippen molar-refractivity contribution in [1.29, 1.82) is 0 Å². The Kier molecular flexibility index (Phi) is 18.1. The highest BCUT2D eigenvalue weighted by Crippen LogP contribution is 2.25. The Bertz CT molecular complexity index is 2510. The average Bonchev–Trinajstić information content (AvgIpc) is 3.24. The van der Waals surface area contributed by atoms with Crippen molar-refractivity contribution in [3.8, 4) is 0 Å². The lowest BCUT2D eigenvalue weighted by Crippen LogP contribution is -2.25. The SMILES string of the molecule is C=C(C)COC(=O)/C(=C/c1ccc(Nc2nc(Nc3ccc(C=C(C(=O)OCC(C)(C)C)C(=O)OCC(C)(C)C)cc3)nc(Nc3ccc(C(=O)NC(=C)C)cc3)n2)cc1)C(=O)OCC(C)(C)C. The zero-order chi connectivity index (χ0) is 50.4. The molecule has 1 aromatic heterocycles. The van der Waals surface area contributed by atoms with Crippen LogP contribution in [0.25, 0.3) is 12.2 Å². The van der Waals surface area contributed by atoms with E-state index in [-0.39, 0.29) is 77.6 Å². The molecule has 0 bridgehead atoms. The van der Waals surface area contributed by atoms with Gasteiger partial charge in [-0.05, 0) is 107 Å². The number of hydrogen-bond acceptors (Lipinski definition) is 15. The third-order valence-corrected chi connectivity index (χ3v) is 8.56. The fourth-order valence-corrected chi connectivity index (χ4v) is 5.31. The Labute approximate surface area is 398 Å². The van der Waals surface area contributed by atoms with Crippen molar-refractivity contribution in [3.63, 3.8) is 0 Å². The minimum Gasteiger partial charge on any atom is -0.461 e. The number of aromatic nitrogens is 3. The summed E-state index contributed by atoms with van der Waals surface area (Å²) >= 11 is 0. The van der Waals surface area contributed by atoms with Gasteiger partial charge in [-0.25, -0.2) is 19.2 Å². The Balaban J connectivity index is 1.65. The predicted octanol–water partition coefficient (Wildman–Crippen LogP) is 10.0. The summed E-state index contributed by atoms with van der Waals surface area (Å²) in [5.74, 6) is -3.13. The lowest BCUT2D eigenvalue weighted by molar-refractivity contribution is -0.150. The molecular formula is C52H63N7O9. The van der Waals surface area contributed by atoms with Gasteiger partial charge in [0.25, 0.3) is 5.91 Å². The summed E-state index contributed by atoms with van der Waals surface area (Å²) in [6.45, 7) is 28.3. The maximum Gasteiger partial charge on any atom is 0.345 e. The number of anilines is 6. The summed E-state index contributed by atoms with van der Waals surface area (Å²) in [5.41, 5.74) is 2.78. The molecule has 3 aromatic carbocycles. The first-order chi connectivity index (χ1) is 31.7. The molecule has 0 atom stereocenters. The normalized spacial score (nSPS) is 11.6. The van der Waals surface area contributed by atoms with Gasteiger partial charge in [0, 0.05) is 28.3 Å². The van der Waals surface area contributed by atoms with Crippen molar-refractivity contribution in [1.82, 2.24) is 20.3 Å². The van der Waals surface area contributed by atoms with Gasteiger partial charge in [-0.1, -0.05) is 99.7 Å². The van der Waals surface area contributed by atoms with Crippen LogP contribution in [0.4, 0.5) is 34.9 Å². The van der Waals surface area contributed by atoms with Crippen molar-refractivity contribution in [3.05, 3.63) is 125 Å². The maximum atomic E-state index is 13.2. The van der Waals surface area contributed by atoms with Crippen molar-refractivity contribution in [2.75, 3.05) is 42.4 Å². The van der Waals surface area contributed by atoms with E-state index in [1.807, 2.05) is 62.3 Å². The molecule has 0 unspecified atom stereocenters. The second-order valence-electron chi connectivity index (χ2n) is 19.8. The number of ether oxygens (including phenoxy) is 4. The topological polar surface area (TPSA) is 209 Å². The second kappa shape index (κ2) is 23.2. The molecule has 1 heterocycles. The van der Waals surface area contributed by atoms with E-state index in [9.17, 15) is 24.0 Å². The van der Waals surface area contributed by atoms with Gasteiger partial charge >= 0.3 is 23.9 Å². The minimum atomic E-state index is -0.840. The van der Waals surface area contributed by atoms with Crippen LogP contribution in [0, 0.1) is 16.2 Å². The number of nitrogens with one attached hydrogen (secondary N) is 4. The summed E-state index contributed by atoms with van der Waals surface area (Å²) in [6.07, 6.45) is 2.82. The smallest absolute Gasteiger partial charge is 0.345 e. The Morgan fingerprint density at radius 2 is 0.809 bits per heavy atom. The first-order valence-electron chi connectivity index (χ1n) is 21.8. The summed E-state index contributed by atoms with van der Waals surface area (Å²) in [4.78, 5) is 78.7. The molecule has 0 fully saturated rings. The number of carbonyl (C=O) groups excluding carboxylic acids is 5. The highest BCUT2D eigenvalue weighted by atomic mass is 16.6. The molecule has 16 heteroatoms. The summed E-state index contributed by atoms with van der Waals surface area (Å²) in [6, 6.07) is 20.3. The Hall–Kier alpha value is -7.62. The molecule has 4 N–H and O–H groups in total. The lowest BCUT2D eigenvalue weighted by Gasteiger charge is -2.20. The molecule has 0 aliphatic rings. The van der Waals surface area contributed by atoms with Gasteiger partial charge in [0.05, 0.1) is 19.8 Å². The van der Waals surface area contributed by atoms with Crippen LogP contribution in [0.1, 0.15) is 97.6 Å². The predicted molar refractivity (Wildman–Crippen MR) is 264 cm³/mol. The lowest BCUT2D eigenvalue weighted by atomic mass is 9.98. The summed E-state index contributed by atoms with van der Waals surface area (Å²) in [7, 11) is 0. The molecule has 68 heavy (non-hydrogen) atoms. The van der Waals surface area contributed by atoms with Gasteiger partial charge in [-0.3, -0.25) is 4.79 Å². The fourth-order valence-electron chi connectivity index (χ4n) is 5.31. The standard InChI is InChI=1S/C52H63N7O9/c1-32(2)28-65-43(61)40(44(62)66-29-50(5,6)7)26-34-14-20-37(21-15-34)54-47-57-48(59-49(58-47)56-39-24-18-36(19-25-39)42(60)53-33(3)4)55-38-22-16-35(17-23-38)27-41(45(63)67-30-51(8,9)10)46(64)68-31-52(11,12)13/h14-27H,1,3,28-31H2,2,4-13H3,(H,53,60)(H3,54,55,56,57,58,59)/b40-26-. The van der Waals surface area contributed by atoms with E-state index >= 15 is 0 Å². The quantitative estimate of drug-likeness (QED) is 0.0172. The molecule has 16 nitrogen and oxygen atoms in total. The molecular weight excluding hydrogens is 867 g/mol. The molecule has 0 aliphatic heterocycles. The molecule has 0 saturated heterocycles. The first kappa shape index (κ1) is 53.0. The molecule has 0 spiro atoms. The number of benzene rings is 3. The molecule has 1 amide bonds. The van der Waals surface area contributed by atoms with E-state index in [0.29, 0.717) is 45.0 Å². The number of esters is 4. The number of hydrogen-bond donors (Lipinski definition) is 4. The molecule has 0 saturated carbocycles. The average molecular weight is 930 g/mol. The van der Waals surface area contributed by atoms with Crippen molar-refractivity contribution < 1.29 is 42.9 Å². The van der Waals surface area contributed by atoms with Gasteiger partial charge in [-0.15, -0.1) is 0 Å². The van der Waals surface area contributed by atoms with Crippen LogP contribution in [0.5, 0.6) is 0 Å². The zero-order valence-electron chi connectivity index (χ0n) is 40.8. The maximum absolute atomic E-state index is 13.2. The zero-order valence-corrected chi connectivity index (χ0v) is 40.8. The molecule has 4 rings (SSSR count). The van der Waals surface area contributed by atoms with Gasteiger partial charge in [0.2, 0.25) is 17.8 Å². The van der Waals surface area contributed by atoms with Crippen molar-refractivity contribution in [2.45, 2.75) is 76.2 Å². The Morgan fingerprint density at radius 1 is 0.500 bits per heavy atom. The van der Waals surface area contributed by atoms with Gasteiger partial charge in [-0.2, -0.15) is 15.0 Å². The van der Waals surface area contributed by atoms with E-state index in [2.05, 4.69) is 49.4 Å². The van der Waals surface area contributed by atoms with Crippen molar-refractivity contribution in [2.24, 2.45) is 16.2 Å². The monoisotopic (exact) mass is 929 g/mol. The van der Waals surface area contributed by atoms with Crippen LogP contribution in [-0.2, 0) is 38.1 Å². The second-order valence-corrected chi connectivity index (χ2v) is 19.8. The number of amides is 1. The minimum absolute atomic E-state index is 0.0569. The van der Waals surface area contributed by atoms with E-state index in [1.54, 1.807) is 86.6 Å². The van der Waals surface area contributed by atoms with Gasteiger partial charge < -0.3 is 40.2 Å². The molecule has 0 radical (unpaired) electrons. The van der Waals surface area contributed by atoms with Crippen LogP contribution < -0.4 is 21.3 Å². The highest BCUT2D eigenvalue weighted by molar-refractivity contribution is 6.18. The van der Waals surface area contributed by atoms with Crippen LogP contribution >= 0.6 is 0 Å². The van der Waals surface area contributed by atoms with Gasteiger partial charge in [0.15, 0.2) is 0 Å². The fraction of sp³-hybridized carbons (Fsp3) is 0.346. The molecule has 0 aliphatic carbocycles.